The minimum atomic E-state index is 0.340. The average molecular weight is 228 g/mol. The standard InChI is InChI=1S/C15H32O/c1-5-7-8-9-10-12-15(4,6-2)14(3)11-13-16/h14,16H,5-13H2,1-4H3. The summed E-state index contributed by atoms with van der Waals surface area (Å²) in [5, 5.41) is 9.04. The van der Waals surface area contributed by atoms with Gasteiger partial charge in [0.25, 0.3) is 0 Å². The van der Waals surface area contributed by atoms with Gasteiger partial charge in [-0.25, -0.2) is 0 Å². The Bertz CT molecular complexity index is 156. The Hall–Kier alpha value is -0.0400. The Labute approximate surface area is 103 Å². The van der Waals surface area contributed by atoms with Crippen LogP contribution in [0.5, 0.6) is 0 Å². The van der Waals surface area contributed by atoms with Crippen molar-refractivity contribution >= 4 is 0 Å². The van der Waals surface area contributed by atoms with E-state index in [9.17, 15) is 0 Å². The molecule has 0 saturated carbocycles. The summed E-state index contributed by atoms with van der Waals surface area (Å²) in [4.78, 5) is 0. The molecular formula is C15H32O. The molecule has 0 aliphatic carbocycles. The van der Waals surface area contributed by atoms with Crippen LogP contribution in [0, 0.1) is 11.3 Å². The first-order valence-electron chi connectivity index (χ1n) is 7.21. The molecule has 0 spiro atoms. The first kappa shape index (κ1) is 16.0. The maximum atomic E-state index is 9.04. The fourth-order valence-corrected chi connectivity index (χ4v) is 2.45. The molecular weight excluding hydrogens is 196 g/mol. The molecule has 1 heteroatoms. The van der Waals surface area contributed by atoms with Gasteiger partial charge >= 0.3 is 0 Å². The second-order valence-electron chi connectivity index (χ2n) is 5.59. The average Bonchev–Trinajstić information content (AvgIpc) is 2.28. The number of hydrogen-bond acceptors (Lipinski definition) is 1. The number of aliphatic hydroxyl groups excluding tert-OH is 1. The molecule has 2 atom stereocenters. The van der Waals surface area contributed by atoms with Gasteiger partial charge in [0.1, 0.15) is 0 Å². The van der Waals surface area contributed by atoms with Gasteiger partial charge in [-0.3, -0.25) is 0 Å². The van der Waals surface area contributed by atoms with Crippen LogP contribution in [0.15, 0.2) is 0 Å². The van der Waals surface area contributed by atoms with E-state index in [1.54, 1.807) is 0 Å². The van der Waals surface area contributed by atoms with Crippen molar-refractivity contribution in [2.45, 2.75) is 79.1 Å². The van der Waals surface area contributed by atoms with Crippen LogP contribution in [0.2, 0.25) is 0 Å². The fourth-order valence-electron chi connectivity index (χ4n) is 2.45. The highest BCUT2D eigenvalue weighted by Crippen LogP contribution is 2.38. The van der Waals surface area contributed by atoms with E-state index >= 15 is 0 Å². The van der Waals surface area contributed by atoms with Crippen LogP contribution < -0.4 is 0 Å². The molecule has 0 aliphatic rings. The third kappa shape index (κ3) is 5.89. The lowest BCUT2D eigenvalue weighted by molar-refractivity contribution is 0.133. The third-order valence-electron chi connectivity index (χ3n) is 4.41. The highest BCUT2D eigenvalue weighted by Gasteiger charge is 2.27. The molecule has 1 nitrogen and oxygen atoms in total. The van der Waals surface area contributed by atoms with Crippen molar-refractivity contribution in [1.82, 2.24) is 0 Å². The lowest BCUT2D eigenvalue weighted by atomic mass is 9.71. The summed E-state index contributed by atoms with van der Waals surface area (Å²) >= 11 is 0. The molecule has 0 fully saturated rings. The number of hydrogen-bond donors (Lipinski definition) is 1. The molecule has 0 radical (unpaired) electrons. The zero-order valence-electron chi connectivity index (χ0n) is 11.9. The van der Waals surface area contributed by atoms with Gasteiger partial charge in [0.15, 0.2) is 0 Å². The first-order valence-corrected chi connectivity index (χ1v) is 7.21. The Balaban J connectivity index is 3.86. The fraction of sp³-hybridized carbons (Fsp3) is 1.00. The molecule has 0 aliphatic heterocycles. The highest BCUT2D eigenvalue weighted by molar-refractivity contribution is 4.78. The molecule has 0 aromatic carbocycles. The topological polar surface area (TPSA) is 20.2 Å². The van der Waals surface area contributed by atoms with E-state index in [0.29, 0.717) is 17.9 Å². The second-order valence-corrected chi connectivity index (χ2v) is 5.59. The number of rotatable bonds is 10. The maximum absolute atomic E-state index is 9.04. The summed E-state index contributed by atoms with van der Waals surface area (Å²) in [5.41, 5.74) is 0.439. The van der Waals surface area contributed by atoms with Crippen LogP contribution in [0.1, 0.15) is 79.1 Å². The van der Waals surface area contributed by atoms with Crippen molar-refractivity contribution in [3.05, 3.63) is 0 Å². The van der Waals surface area contributed by atoms with E-state index in [0.717, 1.165) is 6.42 Å². The minimum absolute atomic E-state index is 0.340. The molecule has 2 unspecified atom stereocenters. The zero-order chi connectivity index (χ0) is 12.4. The van der Waals surface area contributed by atoms with Gasteiger partial charge in [-0.1, -0.05) is 66.2 Å². The number of aliphatic hydroxyl groups is 1. The second kappa shape index (κ2) is 9.04. The summed E-state index contributed by atoms with van der Waals surface area (Å²) in [5.74, 6) is 0.647. The molecule has 0 amide bonds. The predicted octanol–water partition coefficient (Wildman–Crippen LogP) is 4.78. The van der Waals surface area contributed by atoms with Gasteiger partial charge in [-0.15, -0.1) is 0 Å². The lowest BCUT2D eigenvalue weighted by Gasteiger charge is -2.35. The summed E-state index contributed by atoms with van der Waals surface area (Å²) in [6, 6.07) is 0. The molecule has 0 aromatic rings. The molecule has 0 aromatic heterocycles. The monoisotopic (exact) mass is 228 g/mol. The largest absolute Gasteiger partial charge is 0.396 e. The number of unbranched alkanes of at least 4 members (excludes halogenated alkanes) is 4. The van der Waals surface area contributed by atoms with Crippen molar-refractivity contribution in [2.24, 2.45) is 11.3 Å². The summed E-state index contributed by atoms with van der Waals surface area (Å²) in [7, 11) is 0. The van der Waals surface area contributed by atoms with Crippen molar-refractivity contribution in [3.8, 4) is 0 Å². The summed E-state index contributed by atoms with van der Waals surface area (Å²) < 4.78 is 0. The quantitative estimate of drug-likeness (QED) is 0.533. The SMILES string of the molecule is CCCCCCCC(C)(CC)C(C)CCO. The van der Waals surface area contributed by atoms with Crippen molar-refractivity contribution in [1.29, 1.82) is 0 Å². The summed E-state index contributed by atoms with van der Waals surface area (Å²) in [6.45, 7) is 9.59. The van der Waals surface area contributed by atoms with Crippen molar-refractivity contribution < 1.29 is 5.11 Å². The van der Waals surface area contributed by atoms with E-state index in [4.69, 9.17) is 5.11 Å². The Kier molecular flexibility index (Phi) is 9.02. The zero-order valence-corrected chi connectivity index (χ0v) is 11.9. The molecule has 98 valence electrons. The van der Waals surface area contributed by atoms with Gasteiger partial charge in [0, 0.05) is 6.61 Å². The molecule has 0 heterocycles. The van der Waals surface area contributed by atoms with Crippen molar-refractivity contribution in [3.63, 3.8) is 0 Å². The lowest BCUT2D eigenvalue weighted by Crippen LogP contribution is -2.25. The smallest absolute Gasteiger partial charge is 0.0433 e. The molecule has 0 bridgehead atoms. The van der Waals surface area contributed by atoms with E-state index in [2.05, 4.69) is 27.7 Å². The van der Waals surface area contributed by atoms with Gasteiger partial charge in [0.2, 0.25) is 0 Å². The Morgan fingerprint density at radius 2 is 1.69 bits per heavy atom. The molecule has 0 rings (SSSR count). The van der Waals surface area contributed by atoms with Gasteiger partial charge < -0.3 is 5.11 Å². The highest BCUT2D eigenvalue weighted by atomic mass is 16.3. The van der Waals surface area contributed by atoms with E-state index < -0.39 is 0 Å². The van der Waals surface area contributed by atoms with Crippen LogP contribution in [-0.4, -0.2) is 11.7 Å². The van der Waals surface area contributed by atoms with Gasteiger partial charge in [-0.05, 0) is 24.2 Å². The molecule has 0 saturated heterocycles. The maximum Gasteiger partial charge on any atom is 0.0433 e. The molecule has 16 heavy (non-hydrogen) atoms. The predicted molar refractivity (Wildman–Crippen MR) is 72.6 cm³/mol. The van der Waals surface area contributed by atoms with E-state index in [1.807, 2.05) is 0 Å². The third-order valence-corrected chi connectivity index (χ3v) is 4.41. The van der Waals surface area contributed by atoms with Crippen molar-refractivity contribution in [2.75, 3.05) is 6.61 Å². The van der Waals surface area contributed by atoms with Gasteiger partial charge in [0.05, 0.1) is 0 Å². The van der Waals surface area contributed by atoms with Crippen LogP contribution in [0.3, 0.4) is 0 Å². The normalized spacial score (nSPS) is 17.1. The van der Waals surface area contributed by atoms with Gasteiger partial charge in [-0.2, -0.15) is 0 Å². The van der Waals surface area contributed by atoms with E-state index in [1.165, 1.54) is 44.9 Å². The van der Waals surface area contributed by atoms with Crippen LogP contribution in [0.25, 0.3) is 0 Å². The summed E-state index contributed by atoms with van der Waals surface area (Å²) in [6.07, 6.45) is 10.4. The minimum Gasteiger partial charge on any atom is -0.396 e. The molecule has 1 N–H and O–H groups in total. The van der Waals surface area contributed by atoms with Crippen LogP contribution in [0.4, 0.5) is 0 Å². The Morgan fingerprint density at radius 3 is 2.19 bits per heavy atom. The first-order chi connectivity index (χ1) is 7.60. The van der Waals surface area contributed by atoms with Crippen LogP contribution in [-0.2, 0) is 0 Å². The van der Waals surface area contributed by atoms with Crippen LogP contribution >= 0.6 is 0 Å². The Morgan fingerprint density at radius 1 is 1.06 bits per heavy atom. The van der Waals surface area contributed by atoms with E-state index in [-0.39, 0.29) is 0 Å².